The lowest BCUT2D eigenvalue weighted by atomic mass is 10.2. The summed E-state index contributed by atoms with van der Waals surface area (Å²) in [5.41, 5.74) is -0.189. The highest BCUT2D eigenvalue weighted by Crippen LogP contribution is 2.19. The molecule has 7 nitrogen and oxygen atoms in total. The number of rotatable bonds is 4. The maximum Gasteiger partial charge on any atom is 0.338 e. The summed E-state index contributed by atoms with van der Waals surface area (Å²) in [6, 6.07) is 2.93. The molecule has 1 aromatic carbocycles. The largest absolute Gasteiger partial charge is 0.459 e. The van der Waals surface area contributed by atoms with E-state index >= 15 is 0 Å². The Morgan fingerprint density at radius 3 is 2.00 bits per heavy atom. The van der Waals surface area contributed by atoms with Crippen molar-refractivity contribution in [2.75, 3.05) is 6.26 Å². The van der Waals surface area contributed by atoms with Crippen LogP contribution in [0, 0.1) is 0 Å². The van der Waals surface area contributed by atoms with Crippen LogP contribution in [-0.2, 0) is 24.6 Å². The van der Waals surface area contributed by atoms with Crippen LogP contribution in [0.5, 0.6) is 0 Å². The normalized spacial score (nSPS) is 12.4. The molecule has 20 heavy (non-hydrogen) atoms. The molecule has 0 unspecified atom stereocenters. The number of carbonyl (C=O) groups is 1. The van der Waals surface area contributed by atoms with Gasteiger partial charge in [-0.3, -0.25) is 0 Å². The van der Waals surface area contributed by atoms with Crippen molar-refractivity contribution < 1.29 is 26.4 Å². The predicted molar refractivity (Wildman–Crippen MR) is 71.5 cm³/mol. The van der Waals surface area contributed by atoms with E-state index in [2.05, 4.69) is 0 Å². The van der Waals surface area contributed by atoms with Crippen LogP contribution in [-0.4, -0.2) is 35.2 Å². The van der Waals surface area contributed by atoms with Crippen LogP contribution in [0.2, 0.25) is 0 Å². The zero-order chi connectivity index (χ0) is 15.7. The van der Waals surface area contributed by atoms with Crippen LogP contribution in [0.1, 0.15) is 24.2 Å². The van der Waals surface area contributed by atoms with Gasteiger partial charge in [0.05, 0.1) is 21.5 Å². The molecule has 0 aliphatic heterocycles. The molecule has 0 amide bonds. The molecule has 9 heteroatoms. The first-order valence-corrected chi connectivity index (χ1v) is 8.94. The molecule has 0 atom stereocenters. The molecule has 0 fully saturated rings. The van der Waals surface area contributed by atoms with Crippen LogP contribution in [0.3, 0.4) is 0 Å². The van der Waals surface area contributed by atoms with Crippen LogP contribution < -0.4 is 5.14 Å². The zero-order valence-electron chi connectivity index (χ0n) is 11.2. The number of hydrogen-bond acceptors (Lipinski definition) is 6. The average Bonchev–Trinajstić information content (AvgIpc) is 2.25. The van der Waals surface area contributed by atoms with Crippen LogP contribution >= 0.6 is 0 Å². The molecule has 112 valence electrons. The van der Waals surface area contributed by atoms with Crippen molar-refractivity contribution in [3.05, 3.63) is 23.8 Å². The molecule has 0 aliphatic carbocycles. The molecule has 1 rings (SSSR count). The lowest BCUT2D eigenvalue weighted by Gasteiger charge is -2.10. The van der Waals surface area contributed by atoms with Crippen molar-refractivity contribution in [1.29, 1.82) is 0 Å². The van der Waals surface area contributed by atoms with E-state index in [0.717, 1.165) is 24.5 Å². The maximum atomic E-state index is 11.8. The second kappa shape index (κ2) is 5.51. The van der Waals surface area contributed by atoms with E-state index in [1.165, 1.54) is 0 Å². The minimum absolute atomic E-state index is 0.189. The minimum Gasteiger partial charge on any atom is -0.459 e. The summed E-state index contributed by atoms with van der Waals surface area (Å²) in [5.74, 6) is -0.824. The van der Waals surface area contributed by atoms with Gasteiger partial charge in [0, 0.05) is 6.26 Å². The van der Waals surface area contributed by atoms with Gasteiger partial charge >= 0.3 is 5.97 Å². The zero-order valence-corrected chi connectivity index (χ0v) is 12.8. The average molecular weight is 321 g/mol. The van der Waals surface area contributed by atoms with Crippen molar-refractivity contribution in [1.82, 2.24) is 0 Å². The van der Waals surface area contributed by atoms with E-state index in [1.54, 1.807) is 13.8 Å². The Hall–Kier alpha value is -1.45. The highest BCUT2D eigenvalue weighted by Gasteiger charge is 2.20. The maximum absolute atomic E-state index is 11.8. The molecule has 0 bridgehead atoms. The van der Waals surface area contributed by atoms with Gasteiger partial charge in [-0.05, 0) is 32.0 Å². The number of carbonyl (C=O) groups excluding carboxylic acids is 1. The summed E-state index contributed by atoms with van der Waals surface area (Å²) < 4.78 is 50.6. The molecule has 2 N–H and O–H groups in total. The fraction of sp³-hybridized carbons (Fsp3) is 0.364. The lowest BCUT2D eigenvalue weighted by Crippen LogP contribution is -2.16. The number of esters is 1. The van der Waals surface area contributed by atoms with E-state index in [4.69, 9.17) is 9.88 Å². The summed E-state index contributed by atoms with van der Waals surface area (Å²) in [4.78, 5) is 11.0. The summed E-state index contributed by atoms with van der Waals surface area (Å²) >= 11 is 0. The van der Waals surface area contributed by atoms with Gasteiger partial charge in [-0.1, -0.05) is 0 Å². The summed E-state index contributed by atoms with van der Waals surface area (Å²) in [6.07, 6.45) is 0.467. The molecular weight excluding hydrogens is 306 g/mol. The third kappa shape index (κ3) is 4.29. The van der Waals surface area contributed by atoms with Crippen molar-refractivity contribution in [3.8, 4) is 0 Å². The predicted octanol–water partition coefficient (Wildman–Crippen LogP) is 0.303. The van der Waals surface area contributed by atoms with Crippen molar-refractivity contribution >= 4 is 25.8 Å². The molecule has 0 saturated heterocycles. The molecule has 0 spiro atoms. The summed E-state index contributed by atoms with van der Waals surface area (Å²) in [5, 5.41) is 4.96. The van der Waals surface area contributed by atoms with Gasteiger partial charge in [0.15, 0.2) is 9.84 Å². The van der Waals surface area contributed by atoms with Crippen LogP contribution in [0.25, 0.3) is 0 Å². The van der Waals surface area contributed by atoms with Crippen molar-refractivity contribution in [3.63, 3.8) is 0 Å². The van der Waals surface area contributed by atoms with Crippen LogP contribution in [0.15, 0.2) is 28.0 Å². The Balaban J connectivity index is 3.51. The monoisotopic (exact) mass is 321 g/mol. The summed E-state index contributed by atoms with van der Waals surface area (Å²) in [6.45, 7) is 3.22. The Morgan fingerprint density at radius 2 is 1.60 bits per heavy atom. The van der Waals surface area contributed by atoms with Gasteiger partial charge < -0.3 is 4.74 Å². The highest BCUT2D eigenvalue weighted by molar-refractivity contribution is 7.91. The number of primary sulfonamides is 1. The molecule has 0 saturated carbocycles. The first-order valence-electron chi connectivity index (χ1n) is 5.50. The number of sulfonamides is 1. The molecule has 0 aliphatic rings. The topological polar surface area (TPSA) is 121 Å². The van der Waals surface area contributed by atoms with E-state index in [0.29, 0.717) is 0 Å². The second-order valence-electron chi connectivity index (χ2n) is 4.46. The van der Waals surface area contributed by atoms with Crippen LogP contribution in [0.4, 0.5) is 0 Å². The number of benzene rings is 1. The smallest absolute Gasteiger partial charge is 0.338 e. The Morgan fingerprint density at radius 1 is 1.10 bits per heavy atom. The first-order chi connectivity index (χ1) is 8.91. The van der Waals surface area contributed by atoms with Gasteiger partial charge in [0.25, 0.3) is 0 Å². The van der Waals surface area contributed by atoms with E-state index in [9.17, 15) is 21.6 Å². The molecule has 0 aromatic heterocycles. The van der Waals surface area contributed by atoms with Gasteiger partial charge in [-0.2, -0.15) is 0 Å². The third-order valence-electron chi connectivity index (χ3n) is 2.22. The summed E-state index contributed by atoms with van der Waals surface area (Å²) in [7, 11) is -7.84. The van der Waals surface area contributed by atoms with Crippen molar-refractivity contribution in [2.45, 2.75) is 29.7 Å². The van der Waals surface area contributed by atoms with E-state index in [1.807, 2.05) is 0 Å². The van der Waals surface area contributed by atoms with Gasteiger partial charge in [0.1, 0.15) is 0 Å². The quantitative estimate of drug-likeness (QED) is 0.796. The number of ether oxygens (including phenoxy) is 1. The number of sulfone groups is 1. The van der Waals surface area contributed by atoms with E-state index < -0.39 is 36.8 Å². The number of nitrogens with two attached hydrogens (primary N) is 1. The van der Waals surface area contributed by atoms with Gasteiger partial charge in [0.2, 0.25) is 10.0 Å². The Bertz CT molecular complexity index is 684. The first kappa shape index (κ1) is 16.6. The van der Waals surface area contributed by atoms with E-state index in [-0.39, 0.29) is 10.5 Å². The third-order valence-corrected chi connectivity index (χ3v) is 4.20. The van der Waals surface area contributed by atoms with Crippen molar-refractivity contribution in [2.24, 2.45) is 5.14 Å². The second-order valence-corrected chi connectivity index (χ2v) is 8.04. The minimum atomic E-state index is -4.14. The Labute approximate surface area is 117 Å². The molecular formula is C11H15NO6S2. The fourth-order valence-electron chi connectivity index (χ4n) is 1.35. The molecule has 0 heterocycles. The lowest BCUT2D eigenvalue weighted by molar-refractivity contribution is 0.0377. The SMILES string of the molecule is CC(C)OC(=O)c1cc(S(C)(=O)=O)cc(S(N)(=O)=O)c1. The van der Waals surface area contributed by atoms with Gasteiger partial charge in [-0.25, -0.2) is 26.8 Å². The number of hydrogen-bond donors (Lipinski definition) is 1. The Kier molecular flexibility index (Phi) is 4.57. The fourth-order valence-corrected chi connectivity index (χ4v) is 2.69. The molecule has 1 aromatic rings. The van der Waals surface area contributed by atoms with Gasteiger partial charge in [-0.15, -0.1) is 0 Å². The highest BCUT2D eigenvalue weighted by atomic mass is 32.2. The molecule has 0 radical (unpaired) electrons. The standard InChI is InChI=1S/C11H15NO6S2/c1-7(2)18-11(13)8-4-9(19(3,14)15)6-10(5-8)20(12,16)17/h4-7H,1-3H3,(H2,12,16,17).